The minimum Gasteiger partial charge on any atom is -0.481 e. The summed E-state index contributed by atoms with van der Waals surface area (Å²) in [4.78, 5) is 18.5. The lowest BCUT2D eigenvalue weighted by Gasteiger charge is -2.42. The molecule has 1 aromatic rings. The number of hydrogen-bond donors (Lipinski definition) is 1. The highest BCUT2D eigenvalue weighted by molar-refractivity contribution is 5.75. The van der Waals surface area contributed by atoms with Crippen LogP contribution in [0.25, 0.3) is 0 Å². The third kappa shape index (κ3) is 4.03. The molecule has 116 valence electrons. The molecule has 1 fully saturated rings. The zero-order chi connectivity index (χ0) is 15.3. The van der Waals surface area contributed by atoms with Crippen molar-refractivity contribution in [2.45, 2.75) is 52.0 Å². The van der Waals surface area contributed by atoms with Gasteiger partial charge >= 0.3 is 5.97 Å². The molecule has 0 bridgehead atoms. The maximum Gasteiger partial charge on any atom is 0.310 e. The second kappa shape index (κ2) is 7.03. The van der Waals surface area contributed by atoms with Gasteiger partial charge in [-0.05, 0) is 64.6 Å². The van der Waals surface area contributed by atoms with Gasteiger partial charge in [0.15, 0.2) is 0 Å². The smallest absolute Gasteiger partial charge is 0.310 e. The predicted octanol–water partition coefficient (Wildman–Crippen LogP) is 2.98. The SMILES string of the molecule is CC(C)N1CCC[C@@](CCCc2ccccn2)(C(=O)O)C1. The Bertz CT molecular complexity index is 461. The second-order valence-electron chi connectivity index (χ2n) is 6.43. The summed E-state index contributed by atoms with van der Waals surface area (Å²) in [5.41, 5.74) is 0.478. The molecule has 2 rings (SSSR count). The van der Waals surface area contributed by atoms with Crippen LogP contribution in [0, 0.1) is 5.41 Å². The van der Waals surface area contributed by atoms with E-state index in [1.54, 1.807) is 6.20 Å². The molecular weight excluding hydrogens is 264 g/mol. The van der Waals surface area contributed by atoms with Crippen LogP contribution in [0.3, 0.4) is 0 Å². The molecule has 0 aromatic carbocycles. The monoisotopic (exact) mass is 290 g/mol. The molecule has 0 saturated carbocycles. The van der Waals surface area contributed by atoms with Gasteiger partial charge in [-0.1, -0.05) is 6.07 Å². The normalized spacial score (nSPS) is 23.4. The van der Waals surface area contributed by atoms with Gasteiger partial charge in [-0.15, -0.1) is 0 Å². The third-order valence-electron chi connectivity index (χ3n) is 4.60. The number of aliphatic carboxylic acids is 1. The fourth-order valence-electron chi connectivity index (χ4n) is 3.25. The van der Waals surface area contributed by atoms with Crippen molar-refractivity contribution in [1.82, 2.24) is 9.88 Å². The van der Waals surface area contributed by atoms with Crippen LogP contribution in [0.2, 0.25) is 0 Å². The Morgan fingerprint density at radius 2 is 2.29 bits per heavy atom. The highest BCUT2D eigenvalue weighted by Crippen LogP contribution is 2.36. The summed E-state index contributed by atoms with van der Waals surface area (Å²) in [6, 6.07) is 6.31. The van der Waals surface area contributed by atoms with Gasteiger partial charge in [0, 0.05) is 24.5 Å². The minimum atomic E-state index is -0.631. The van der Waals surface area contributed by atoms with Crippen molar-refractivity contribution in [2.75, 3.05) is 13.1 Å². The summed E-state index contributed by atoms with van der Waals surface area (Å²) in [7, 11) is 0. The molecule has 2 heterocycles. The summed E-state index contributed by atoms with van der Waals surface area (Å²) in [5, 5.41) is 9.74. The van der Waals surface area contributed by atoms with Crippen LogP contribution in [0.4, 0.5) is 0 Å². The fourth-order valence-corrected chi connectivity index (χ4v) is 3.25. The molecule has 1 saturated heterocycles. The van der Waals surface area contributed by atoms with Gasteiger partial charge in [-0.3, -0.25) is 14.7 Å². The van der Waals surface area contributed by atoms with Gasteiger partial charge in [-0.2, -0.15) is 0 Å². The Kier molecular flexibility index (Phi) is 5.34. The number of rotatable bonds is 6. The molecule has 1 N–H and O–H groups in total. The largest absolute Gasteiger partial charge is 0.481 e. The van der Waals surface area contributed by atoms with E-state index in [-0.39, 0.29) is 0 Å². The van der Waals surface area contributed by atoms with Crippen molar-refractivity contribution >= 4 is 5.97 Å². The van der Waals surface area contributed by atoms with Crippen molar-refractivity contribution in [3.05, 3.63) is 30.1 Å². The number of likely N-dealkylation sites (tertiary alicyclic amines) is 1. The Labute approximate surface area is 127 Å². The van der Waals surface area contributed by atoms with Crippen molar-refractivity contribution in [3.63, 3.8) is 0 Å². The van der Waals surface area contributed by atoms with Gasteiger partial charge in [0.2, 0.25) is 0 Å². The molecular formula is C17H26N2O2. The summed E-state index contributed by atoms with van der Waals surface area (Å²) >= 11 is 0. The number of carbonyl (C=O) groups is 1. The number of piperidine rings is 1. The minimum absolute atomic E-state index is 0.416. The van der Waals surface area contributed by atoms with E-state index in [9.17, 15) is 9.90 Å². The van der Waals surface area contributed by atoms with E-state index >= 15 is 0 Å². The lowest BCUT2D eigenvalue weighted by Crippen LogP contribution is -2.50. The van der Waals surface area contributed by atoms with Crippen LogP contribution in [0.1, 0.15) is 45.2 Å². The Hall–Kier alpha value is -1.42. The molecule has 0 spiro atoms. The first-order valence-electron chi connectivity index (χ1n) is 7.91. The summed E-state index contributed by atoms with van der Waals surface area (Å²) in [5.74, 6) is -0.631. The molecule has 4 nitrogen and oxygen atoms in total. The van der Waals surface area contributed by atoms with Crippen LogP contribution >= 0.6 is 0 Å². The van der Waals surface area contributed by atoms with Crippen molar-refractivity contribution in [3.8, 4) is 0 Å². The zero-order valence-corrected chi connectivity index (χ0v) is 13.1. The molecule has 1 aliphatic rings. The molecule has 1 aromatic heterocycles. The highest BCUT2D eigenvalue weighted by Gasteiger charge is 2.42. The molecule has 21 heavy (non-hydrogen) atoms. The Balaban J connectivity index is 1.97. The number of carboxylic acid groups (broad SMARTS) is 1. The van der Waals surface area contributed by atoms with E-state index in [4.69, 9.17) is 0 Å². The first-order chi connectivity index (χ1) is 10.0. The second-order valence-corrected chi connectivity index (χ2v) is 6.43. The van der Waals surface area contributed by atoms with E-state index in [2.05, 4.69) is 23.7 Å². The van der Waals surface area contributed by atoms with E-state index in [1.807, 2.05) is 18.2 Å². The van der Waals surface area contributed by atoms with E-state index < -0.39 is 11.4 Å². The van der Waals surface area contributed by atoms with Crippen LogP contribution in [-0.4, -0.2) is 40.1 Å². The standard InChI is InChI=1S/C17H26N2O2/c1-14(2)19-12-6-10-17(13-19,16(20)21)9-5-8-15-7-3-4-11-18-15/h3-4,7,11,14H,5-6,8-10,12-13H2,1-2H3,(H,20,21)/t17-/m1/s1. The zero-order valence-electron chi connectivity index (χ0n) is 13.1. The van der Waals surface area contributed by atoms with E-state index in [0.717, 1.165) is 44.3 Å². The molecule has 0 aliphatic carbocycles. The maximum absolute atomic E-state index is 11.8. The topological polar surface area (TPSA) is 53.4 Å². The van der Waals surface area contributed by atoms with Gasteiger partial charge in [-0.25, -0.2) is 0 Å². The fraction of sp³-hybridized carbons (Fsp3) is 0.647. The van der Waals surface area contributed by atoms with Gasteiger partial charge < -0.3 is 5.11 Å². The first-order valence-corrected chi connectivity index (χ1v) is 7.91. The van der Waals surface area contributed by atoms with Crippen molar-refractivity contribution < 1.29 is 9.90 Å². The maximum atomic E-state index is 11.8. The molecule has 1 atom stereocenters. The van der Waals surface area contributed by atoms with Crippen LogP contribution in [0.15, 0.2) is 24.4 Å². The lowest BCUT2D eigenvalue weighted by atomic mass is 9.75. The molecule has 0 unspecified atom stereocenters. The summed E-state index contributed by atoms with van der Waals surface area (Å²) in [6.45, 7) is 5.99. The Morgan fingerprint density at radius 3 is 2.90 bits per heavy atom. The third-order valence-corrected chi connectivity index (χ3v) is 4.60. The number of carboxylic acids is 1. The molecule has 4 heteroatoms. The summed E-state index contributed by atoms with van der Waals surface area (Å²) in [6.07, 6.45) is 6.06. The van der Waals surface area contributed by atoms with Gasteiger partial charge in [0.25, 0.3) is 0 Å². The average molecular weight is 290 g/mol. The average Bonchev–Trinajstić information content (AvgIpc) is 2.48. The first kappa shape index (κ1) is 16.0. The number of pyridine rings is 1. The molecule has 1 aliphatic heterocycles. The van der Waals surface area contributed by atoms with Gasteiger partial charge in [0.1, 0.15) is 0 Å². The summed E-state index contributed by atoms with van der Waals surface area (Å²) < 4.78 is 0. The highest BCUT2D eigenvalue weighted by atomic mass is 16.4. The van der Waals surface area contributed by atoms with Crippen molar-refractivity contribution in [2.24, 2.45) is 5.41 Å². The number of aryl methyl sites for hydroxylation is 1. The number of hydrogen-bond acceptors (Lipinski definition) is 3. The lowest BCUT2D eigenvalue weighted by molar-refractivity contribution is -0.153. The van der Waals surface area contributed by atoms with Crippen LogP contribution in [0.5, 0.6) is 0 Å². The van der Waals surface area contributed by atoms with E-state index in [1.165, 1.54) is 0 Å². The quantitative estimate of drug-likeness (QED) is 0.875. The molecule has 0 amide bonds. The van der Waals surface area contributed by atoms with Gasteiger partial charge in [0.05, 0.1) is 5.41 Å². The van der Waals surface area contributed by atoms with Crippen molar-refractivity contribution in [1.29, 1.82) is 0 Å². The van der Waals surface area contributed by atoms with E-state index in [0.29, 0.717) is 12.6 Å². The number of aromatic nitrogens is 1. The van der Waals surface area contributed by atoms with Crippen LogP contribution < -0.4 is 0 Å². The number of nitrogens with zero attached hydrogens (tertiary/aromatic N) is 2. The molecule has 0 radical (unpaired) electrons. The van der Waals surface area contributed by atoms with Crippen LogP contribution in [-0.2, 0) is 11.2 Å². The predicted molar refractivity (Wildman–Crippen MR) is 83.2 cm³/mol. The Morgan fingerprint density at radius 1 is 1.48 bits per heavy atom.